The number of carbonyl (C=O) groups is 1. The third-order valence-corrected chi connectivity index (χ3v) is 4.60. The molecule has 5 nitrogen and oxygen atoms in total. The zero-order chi connectivity index (χ0) is 16.4. The molecule has 2 heterocycles. The van der Waals surface area contributed by atoms with E-state index in [0.717, 1.165) is 45.2 Å². The van der Waals surface area contributed by atoms with Gasteiger partial charge in [-0.1, -0.05) is 0 Å². The summed E-state index contributed by atoms with van der Waals surface area (Å²) in [5, 5.41) is 3.49. The van der Waals surface area contributed by atoms with E-state index in [2.05, 4.69) is 24.1 Å². The van der Waals surface area contributed by atoms with Gasteiger partial charge in [0, 0.05) is 31.7 Å². The van der Waals surface area contributed by atoms with E-state index in [-0.39, 0.29) is 11.6 Å². The Morgan fingerprint density at radius 3 is 2.59 bits per heavy atom. The highest BCUT2D eigenvalue weighted by Crippen LogP contribution is 2.25. The average Bonchev–Trinajstić information content (AvgIpc) is 2.40. The van der Waals surface area contributed by atoms with Crippen molar-refractivity contribution in [3.05, 3.63) is 0 Å². The van der Waals surface area contributed by atoms with Crippen molar-refractivity contribution in [2.75, 3.05) is 39.3 Å². The predicted molar refractivity (Wildman–Crippen MR) is 89.1 cm³/mol. The zero-order valence-electron chi connectivity index (χ0n) is 14.9. The molecule has 0 aromatic carbocycles. The molecule has 2 fully saturated rings. The molecule has 0 radical (unpaired) electrons. The molecule has 0 bridgehead atoms. The van der Waals surface area contributed by atoms with Crippen LogP contribution < -0.4 is 5.32 Å². The van der Waals surface area contributed by atoms with Gasteiger partial charge in [-0.05, 0) is 66.5 Å². The molecule has 1 atom stereocenters. The molecule has 0 spiro atoms. The molecule has 1 N–H and O–H groups in total. The normalized spacial score (nSPS) is 26.8. The molecule has 0 aliphatic carbocycles. The van der Waals surface area contributed by atoms with Crippen LogP contribution in [0.5, 0.6) is 0 Å². The first-order valence-electron chi connectivity index (χ1n) is 8.61. The molecule has 128 valence electrons. The summed E-state index contributed by atoms with van der Waals surface area (Å²) < 4.78 is 5.51. The fourth-order valence-electron chi connectivity index (χ4n) is 3.40. The Morgan fingerprint density at radius 1 is 1.32 bits per heavy atom. The zero-order valence-corrected chi connectivity index (χ0v) is 14.9. The van der Waals surface area contributed by atoms with Crippen LogP contribution in [0.2, 0.25) is 0 Å². The SMILES string of the molecule is CC(C)(C)OC(=O)N1CCN(C[C@H]2CCCNC2)C(C)(C)C1. The van der Waals surface area contributed by atoms with Gasteiger partial charge >= 0.3 is 6.09 Å². The maximum atomic E-state index is 12.3. The molecule has 2 saturated heterocycles. The molecule has 0 saturated carbocycles. The Morgan fingerprint density at radius 2 is 2.05 bits per heavy atom. The number of rotatable bonds is 2. The minimum atomic E-state index is -0.424. The number of hydrogen-bond acceptors (Lipinski definition) is 4. The minimum absolute atomic E-state index is 0.00655. The van der Waals surface area contributed by atoms with Crippen LogP contribution in [0.15, 0.2) is 0 Å². The lowest BCUT2D eigenvalue weighted by molar-refractivity contribution is -0.0204. The highest BCUT2D eigenvalue weighted by Gasteiger charge is 2.37. The van der Waals surface area contributed by atoms with Crippen molar-refractivity contribution in [1.82, 2.24) is 15.1 Å². The topological polar surface area (TPSA) is 44.8 Å². The van der Waals surface area contributed by atoms with E-state index >= 15 is 0 Å². The summed E-state index contributed by atoms with van der Waals surface area (Å²) in [4.78, 5) is 16.7. The summed E-state index contributed by atoms with van der Waals surface area (Å²) in [7, 11) is 0. The van der Waals surface area contributed by atoms with E-state index < -0.39 is 5.60 Å². The van der Waals surface area contributed by atoms with E-state index in [0.29, 0.717) is 0 Å². The van der Waals surface area contributed by atoms with Gasteiger partial charge in [0.05, 0.1) is 0 Å². The lowest BCUT2D eigenvalue weighted by Gasteiger charge is -2.48. The van der Waals surface area contributed by atoms with Crippen LogP contribution in [0.25, 0.3) is 0 Å². The van der Waals surface area contributed by atoms with Gasteiger partial charge in [-0.25, -0.2) is 4.79 Å². The van der Waals surface area contributed by atoms with Gasteiger partial charge in [-0.15, -0.1) is 0 Å². The van der Waals surface area contributed by atoms with Gasteiger partial charge in [0.2, 0.25) is 0 Å². The summed E-state index contributed by atoms with van der Waals surface area (Å²) in [5.74, 6) is 0.737. The second-order valence-corrected chi connectivity index (χ2v) is 8.37. The first kappa shape index (κ1) is 17.5. The largest absolute Gasteiger partial charge is 0.444 e. The molecule has 2 aliphatic rings. The maximum absolute atomic E-state index is 12.3. The van der Waals surface area contributed by atoms with Crippen LogP contribution in [-0.4, -0.2) is 66.3 Å². The van der Waals surface area contributed by atoms with Crippen molar-refractivity contribution in [2.24, 2.45) is 5.92 Å². The van der Waals surface area contributed by atoms with E-state index in [1.54, 1.807) is 0 Å². The van der Waals surface area contributed by atoms with E-state index in [1.165, 1.54) is 12.8 Å². The standard InChI is InChI=1S/C17H33N3O2/c1-16(2,3)22-15(21)19-9-10-20(17(4,5)13-19)12-14-7-6-8-18-11-14/h14,18H,6-13H2,1-5H3/t14-/m0/s1. The molecular formula is C17H33N3O2. The molecule has 1 amide bonds. The van der Waals surface area contributed by atoms with E-state index in [4.69, 9.17) is 4.74 Å². The smallest absolute Gasteiger partial charge is 0.410 e. The number of amides is 1. The molecule has 2 aliphatic heterocycles. The predicted octanol–water partition coefficient (Wildman–Crippen LogP) is 2.32. The minimum Gasteiger partial charge on any atom is -0.444 e. The van der Waals surface area contributed by atoms with Crippen molar-refractivity contribution in [3.63, 3.8) is 0 Å². The third kappa shape index (κ3) is 4.85. The first-order valence-corrected chi connectivity index (χ1v) is 8.61. The van der Waals surface area contributed by atoms with Crippen molar-refractivity contribution in [2.45, 2.75) is 58.6 Å². The van der Waals surface area contributed by atoms with Gasteiger partial charge in [-0.3, -0.25) is 4.90 Å². The Kier molecular flexibility index (Phi) is 5.38. The Balaban J connectivity index is 1.89. The van der Waals surface area contributed by atoms with Gasteiger partial charge in [0.15, 0.2) is 0 Å². The molecule has 0 aromatic heterocycles. The molecule has 2 rings (SSSR count). The van der Waals surface area contributed by atoms with Crippen LogP contribution in [0.4, 0.5) is 4.79 Å². The molecular weight excluding hydrogens is 278 g/mol. The molecule has 22 heavy (non-hydrogen) atoms. The fourth-order valence-corrected chi connectivity index (χ4v) is 3.40. The Labute approximate surface area is 135 Å². The van der Waals surface area contributed by atoms with E-state index in [9.17, 15) is 4.79 Å². The Hall–Kier alpha value is -0.810. The van der Waals surface area contributed by atoms with Crippen molar-refractivity contribution < 1.29 is 9.53 Å². The van der Waals surface area contributed by atoms with Crippen LogP contribution in [0.3, 0.4) is 0 Å². The third-order valence-electron chi connectivity index (χ3n) is 4.60. The quantitative estimate of drug-likeness (QED) is 0.850. The highest BCUT2D eigenvalue weighted by atomic mass is 16.6. The summed E-state index contributed by atoms with van der Waals surface area (Å²) in [6.45, 7) is 16.1. The number of ether oxygens (including phenoxy) is 1. The molecule has 0 aromatic rings. The van der Waals surface area contributed by atoms with Crippen LogP contribution >= 0.6 is 0 Å². The van der Waals surface area contributed by atoms with Crippen molar-refractivity contribution >= 4 is 6.09 Å². The number of carbonyl (C=O) groups excluding carboxylic acids is 1. The summed E-state index contributed by atoms with van der Waals surface area (Å²) in [5.41, 5.74) is -0.418. The van der Waals surface area contributed by atoms with E-state index in [1.807, 2.05) is 25.7 Å². The molecule has 0 unspecified atom stereocenters. The number of nitrogens with one attached hydrogen (secondary N) is 1. The van der Waals surface area contributed by atoms with Gasteiger partial charge in [0.25, 0.3) is 0 Å². The second-order valence-electron chi connectivity index (χ2n) is 8.37. The lowest BCUT2D eigenvalue weighted by Crippen LogP contribution is -2.62. The Bertz CT molecular complexity index is 384. The van der Waals surface area contributed by atoms with Crippen LogP contribution in [-0.2, 0) is 4.74 Å². The fraction of sp³-hybridized carbons (Fsp3) is 0.941. The van der Waals surface area contributed by atoms with Gasteiger partial charge < -0.3 is 15.0 Å². The highest BCUT2D eigenvalue weighted by molar-refractivity contribution is 5.68. The first-order chi connectivity index (χ1) is 10.2. The van der Waals surface area contributed by atoms with Gasteiger partial charge in [-0.2, -0.15) is 0 Å². The lowest BCUT2D eigenvalue weighted by atomic mass is 9.93. The monoisotopic (exact) mass is 311 g/mol. The number of piperazine rings is 1. The second kappa shape index (κ2) is 6.75. The number of piperidine rings is 1. The number of hydrogen-bond donors (Lipinski definition) is 1. The maximum Gasteiger partial charge on any atom is 0.410 e. The van der Waals surface area contributed by atoms with Crippen molar-refractivity contribution in [1.29, 1.82) is 0 Å². The van der Waals surface area contributed by atoms with Crippen LogP contribution in [0, 0.1) is 5.92 Å². The average molecular weight is 311 g/mol. The summed E-state index contributed by atoms with van der Waals surface area (Å²) in [6, 6.07) is 0. The van der Waals surface area contributed by atoms with Gasteiger partial charge in [0.1, 0.15) is 5.60 Å². The van der Waals surface area contributed by atoms with Crippen LogP contribution in [0.1, 0.15) is 47.5 Å². The number of nitrogens with zero attached hydrogens (tertiary/aromatic N) is 2. The summed E-state index contributed by atoms with van der Waals surface area (Å²) in [6.07, 6.45) is 2.41. The molecule has 5 heteroatoms. The van der Waals surface area contributed by atoms with Crippen molar-refractivity contribution in [3.8, 4) is 0 Å². The summed E-state index contributed by atoms with van der Waals surface area (Å²) >= 11 is 0.